The Balaban J connectivity index is 2.05. The van der Waals surface area contributed by atoms with E-state index in [2.05, 4.69) is 0 Å². The van der Waals surface area contributed by atoms with Crippen molar-refractivity contribution in [3.05, 3.63) is 30.1 Å². The average Bonchev–Trinajstić information content (AvgIpc) is 2.73. The number of Topliss-reactive ketones (excluding diaryl/α,β-unsaturated/α-hetero) is 1. The molecule has 1 N–H and O–H groups in total. The molecule has 7 heteroatoms. The fourth-order valence-corrected chi connectivity index (χ4v) is 4.17. The molecule has 0 aliphatic carbocycles. The van der Waals surface area contributed by atoms with Crippen molar-refractivity contribution in [2.24, 2.45) is 5.41 Å². The molecule has 1 saturated heterocycles. The number of halogens is 1. The maximum atomic E-state index is 13.0. The zero-order chi connectivity index (χ0) is 18.0. The highest BCUT2D eigenvalue weighted by molar-refractivity contribution is 7.89. The first-order valence-electron chi connectivity index (χ1n) is 8.23. The third-order valence-corrected chi connectivity index (χ3v) is 6.26. The lowest BCUT2D eigenvalue weighted by atomic mass is 9.90. The fraction of sp³-hybridized carbons (Fsp3) is 0.588. The summed E-state index contributed by atoms with van der Waals surface area (Å²) in [5.41, 5.74) is -0.376. The van der Waals surface area contributed by atoms with Crippen LogP contribution in [0.25, 0.3) is 0 Å². The van der Waals surface area contributed by atoms with E-state index in [0.29, 0.717) is 32.6 Å². The maximum Gasteiger partial charge on any atom is 0.243 e. The summed E-state index contributed by atoms with van der Waals surface area (Å²) in [7, 11) is -3.61. The summed E-state index contributed by atoms with van der Waals surface area (Å²) in [4.78, 5) is 13.4. The van der Waals surface area contributed by atoms with E-state index in [-0.39, 0.29) is 16.1 Å². The van der Waals surface area contributed by atoms with Crippen molar-refractivity contribution in [3.63, 3.8) is 0 Å². The molecule has 1 fully saturated rings. The predicted molar refractivity (Wildman–Crippen MR) is 89.8 cm³/mol. The van der Waals surface area contributed by atoms with E-state index in [0.717, 1.165) is 23.6 Å². The van der Waals surface area contributed by atoms with Gasteiger partial charge >= 0.3 is 0 Å². The molecule has 5 nitrogen and oxygen atoms in total. The first kappa shape index (κ1) is 19.0. The number of nitrogens with zero attached hydrogens (tertiary/aromatic N) is 1. The normalized spacial score (nSPS) is 20.6. The summed E-state index contributed by atoms with van der Waals surface area (Å²) >= 11 is 0. The minimum atomic E-state index is -3.61. The van der Waals surface area contributed by atoms with Crippen LogP contribution in [0.3, 0.4) is 0 Å². The highest BCUT2D eigenvalue weighted by atomic mass is 32.2. The van der Waals surface area contributed by atoms with Crippen LogP contribution in [-0.4, -0.2) is 51.2 Å². The molecule has 0 radical (unpaired) electrons. The number of benzene rings is 1. The molecule has 2 rings (SSSR count). The Morgan fingerprint density at radius 1 is 1.17 bits per heavy atom. The molecule has 1 atom stereocenters. The number of nitrogens with one attached hydrogen (secondary N) is 1. The predicted octanol–water partition coefficient (Wildman–Crippen LogP) is 0.720. The molecule has 0 aromatic heterocycles. The molecule has 1 aliphatic heterocycles. The van der Waals surface area contributed by atoms with E-state index in [9.17, 15) is 17.6 Å². The van der Waals surface area contributed by atoms with Crippen LogP contribution < -0.4 is 4.90 Å². The molecule has 0 spiro atoms. The van der Waals surface area contributed by atoms with Crippen molar-refractivity contribution in [3.8, 4) is 0 Å². The monoisotopic (exact) mass is 357 g/mol. The molecular weight excluding hydrogens is 331 g/mol. The molecule has 1 unspecified atom stereocenters. The lowest BCUT2D eigenvalue weighted by Gasteiger charge is -2.22. The first-order chi connectivity index (χ1) is 11.1. The van der Waals surface area contributed by atoms with Gasteiger partial charge in [-0.1, -0.05) is 20.8 Å². The van der Waals surface area contributed by atoms with Crippen LogP contribution >= 0.6 is 0 Å². The molecule has 24 heavy (non-hydrogen) atoms. The molecule has 134 valence electrons. The Morgan fingerprint density at radius 3 is 2.38 bits per heavy atom. The van der Waals surface area contributed by atoms with Crippen molar-refractivity contribution in [2.75, 3.05) is 32.7 Å². The Hall–Kier alpha value is -1.31. The maximum absolute atomic E-state index is 13.0. The zero-order valence-electron chi connectivity index (χ0n) is 14.5. The van der Waals surface area contributed by atoms with Gasteiger partial charge in [-0.15, -0.1) is 0 Å². The van der Waals surface area contributed by atoms with Crippen molar-refractivity contribution in [1.29, 1.82) is 0 Å². The standard InChI is InChI=1S/C17H25FN2O3S/c1-17(2,3)16(21)13-19-9-4-10-20(12-11-19)24(22,23)15-7-5-14(18)6-8-15/h5-8H,4,9-13H2,1-3H3/p+1. The SMILES string of the molecule is CC(C)(C)C(=O)C[NH+]1CCCN(S(=O)(=O)c2ccc(F)cc2)CC1. The number of rotatable bonds is 4. The second-order valence-corrected chi connectivity index (χ2v) is 9.25. The summed E-state index contributed by atoms with van der Waals surface area (Å²) in [5, 5.41) is 0. The first-order valence-corrected chi connectivity index (χ1v) is 9.67. The minimum absolute atomic E-state index is 0.109. The quantitative estimate of drug-likeness (QED) is 0.864. The van der Waals surface area contributed by atoms with Gasteiger partial charge in [-0.3, -0.25) is 4.79 Å². The molecule has 0 bridgehead atoms. The molecular formula is C17H26FN2O3S+. The lowest BCUT2D eigenvalue weighted by molar-refractivity contribution is -0.890. The summed E-state index contributed by atoms with van der Waals surface area (Å²) in [6.07, 6.45) is 0.702. The summed E-state index contributed by atoms with van der Waals surface area (Å²) in [5.74, 6) is -0.270. The van der Waals surface area contributed by atoms with Crippen LogP contribution in [-0.2, 0) is 14.8 Å². The number of ketones is 1. The topological polar surface area (TPSA) is 58.9 Å². The zero-order valence-corrected chi connectivity index (χ0v) is 15.3. The van der Waals surface area contributed by atoms with Gasteiger partial charge in [0.25, 0.3) is 0 Å². The second kappa shape index (κ2) is 7.29. The van der Waals surface area contributed by atoms with E-state index in [1.54, 1.807) is 0 Å². The Morgan fingerprint density at radius 2 is 1.79 bits per heavy atom. The molecule has 0 amide bonds. The fourth-order valence-electron chi connectivity index (χ4n) is 2.69. The minimum Gasteiger partial charge on any atom is -0.328 e. The van der Waals surface area contributed by atoms with Gasteiger partial charge < -0.3 is 4.90 Å². The number of sulfonamides is 1. The smallest absolute Gasteiger partial charge is 0.243 e. The van der Waals surface area contributed by atoms with E-state index in [4.69, 9.17) is 0 Å². The highest BCUT2D eigenvalue weighted by Gasteiger charge is 2.31. The van der Waals surface area contributed by atoms with Crippen LogP contribution in [0.4, 0.5) is 4.39 Å². The Kier molecular flexibility index (Phi) is 5.78. The number of carbonyl (C=O) groups is 1. The summed E-state index contributed by atoms with van der Waals surface area (Å²) in [6, 6.07) is 4.90. The van der Waals surface area contributed by atoms with Crippen LogP contribution in [0, 0.1) is 11.2 Å². The van der Waals surface area contributed by atoms with Crippen molar-refractivity contribution >= 4 is 15.8 Å². The van der Waals surface area contributed by atoms with E-state index < -0.39 is 15.8 Å². The Labute approximate surface area is 143 Å². The number of quaternary nitrogens is 1. The third-order valence-electron chi connectivity index (χ3n) is 4.35. The largest absolute Gasteiger partial charge is 0.328 e. The Bertz CT molecular complexity index is 681. The number of hydrogen-bond acceptors (Lipinski definition) is 3. The van der Waals surface area contributed by atoms with Crippen LogP contribution in [0.5, 0.6) is 0 Å². The summed E-state index contributed by atoms with van der Waals surface area (Å²) in [6.45, 7) is 8.29. The van der Waals surface area contributed by atoms with Gasteiger partial charge in [0.15, 0.2) is 5.78 Å². The van der Waals surface area contributed by atoms with Gasteiger partial charge in [0.1, 0.15) is 12.4 Å². The molecule has 1 aromatic rings. The van der Waals surface area contributed by atoms with Crippen LogP contribution in [0.15, 0.2) is 29.2 Å². The van der Waals surface area contributed by atoms with Crippen molar-refractivity contribution < 1.29 is 22.5 Å². The van der Waals surface area contributed by atoms with Gasteiger partial charge in [0, 0.05) is 18.4 Å². The molecule has 1 heterocycles. The van der Waals surface area contributed by atoms with Gasteiger partial charge in [0.05, 0.1) is 24.5 Å². The van der Waals surface area contributed by atoms with Gasteiger partial charge in [0.2, 0.25) is 10.0 Å². The van der Waals surface area contributed by atoms with Crippen LogP contribution in [0.1, 0.15) is 27.2 Å². The van der Waals surface area contributed by atoms with Crippen molar-refractivity contribution in [2.45, 2.75) is 32.1 Å². The van der Waals surface area contributed by atoms with Gasteiger partial charge in [-0.2, -0.15) is 4.31 Å². The molecule has 1 aromatic carbocycles. The molecule has 1 aliphatic rings. The van der Waals surface area contributed by atoms with Gasteiger partial charge in [-0.05, 0) is 24.3 Å². The molecule has 0 saturated carbocycles. The average molecular weight is 357 g/mol. The van der Waals surface area contributed by atoms with E-state index >= 15 is 0 Å². The highest BCUT2D eigenvalue weighted by Crippen LogP contribution is 2.17. The number of carbonyl (C=O) groups excluding carboxylic acids is 1. The second-order valence-electron chi connectivity index (χ2n) is 7.31. The van der Waals surface area contributed by atoms with Gasteiger partial charge in [-0.25, -0.2) is 12.8 Å². The third kappa shape index (κ3) is 4.62. The van der Waals surface area contributed by atoms with Crippen LogP contribution in [0.2, 0.25) is 0 Å². The number of hydrogen-bond donors (Lipinski definition) is 1. The summed E-state index contributed by atoms with van der Waals surface area (Å²) < 4.78 is 39.8. The van der Waals surface area contributed by atoms with Crippen molar-refractivity contribution in [1.82, 2.24) is 4.31 Å². The lowest BCUT2D eigenvalue weighted by Crippen LogP contribution is -3.13. The van der Waals surface area contributed by atoms with E-state index in [1.165, 1.54) is 16.4 Å². The van der Waals surface area contributed by atoms with E-state index in [1.807, 2.05) is 20.8 Å².